The first-order chi connectivity index (χ1) is 9.93. The van der Waals surface area contributed by atoms with E-state index in [4.69, 9.17) is 27.2 Å². The number of aliphatic hydroxyl groups is 3. The summed E-state index contributed by atoms with van der Waals surface area (Å²) in [6.07, 6.45) is -2.46. The van der Waals surface area contributed by atoms with Crippen molar-refractivity contribution in [3.8, 4) is 0 Å². The number of anilines is 1. The number of halogens is 1. The second-order valence-corrected chi connectivity index (χ2v) is 5.38. The van der Waals surface area contributed by atoms with Crippen molar-refractivity contribution in [1.29, 1.82) is 0 Å². The van der Waals surface area contributed by atoms with Gasteiger partial charge in [-0.25, -0.2) is 4.98 Å². The van der Waals surface area contributed by atoms with Crippen LogP contribution in [0.5, 0.6) is 0 Å². The predicted molar refractivity (Wildman–Crippen MR) is 74.7 cm³/mol. The molecule has 3 heterocycles. The van der Waals surface area contributed by atoms with Gasteiger partial charge in [0.15, 0.2) is 6.23 Å². The van der Waals surface area contributed by atoms with Gasteiger partial charge in [0.05, 0.1) is 12.0 Å². The van der Waals surface area contributed by atoms with E-state index in [9.17, 15) is 10.2 Å². The molecule has 0 spiro atoms. The van der Waals surface area contributed by atoms with Crippen molar-refractivity contribution in [2.75, 3.05) is 12.3 Å². The van der Waals surface area contributed by atoms with Crippen LogP contribution < -0.4 is 5.73 Å². The van der Waals surface area contributed by atoms with Crippen molar-refractivity contribution in [2.24, 2.45) is 0 Å². The molecular weight excluding hydrogens is 300 g/mol. The van der Waals surface area contributed by atoms with Gasteiger partial charge in [0.2, 0.25) is 5.95 Å². The number of rotatable bonds is 2. The lowest BCUT2D eigenvalue weighted by Crippen LogP contribution is -2.33. The number of fused-ring (bicyclic) bond motifs is 1. The molecule has 2 aromatic rings. The number of aromatic nitrogens is 3. The lowest BCUT2D eigenvalue weighted by molar-refractivity contribution is -0.0508. The van der Waals surface area contributed by atoms with E-state index in [1.54, 1.807) is 6.20 Å². The number of nitrogens with two attached hydrogens (primary N) is 1. The molecule has 1 fully saturated rings. The number of hydrogen-bond acceptors (Lipinski definition) is 7. The summed E-state index contributed by atoms with van der Waals surface area (Å²) in [6.45, 7) is 1.41. The van der Waals surface area contributed by atoms with Crippen LogP contribution in [0.4, 0.5) is 5.95 Å². The Morgan fingerprint density at radius 2 is 2.10 bits per heavy atom. The maximum absolute atomic E-state index is 10.1. The van der Waals surface area contributed by atoms with Crippen molar-refractivity contribution < 1.29 is 20.1 Å². The van der Waals surface area contributed by atoms with Crippen molar-refractivity contribution >= 4 is 28.6 Å². The van der Waals surface area contributed by atoms with Crippen LogP contribution in [0.1, 0.15) is 11.8 Å². The highest BCUT2D eigenvalue weighted by atomic mass is 35.5. The van der Waals surface area contributed by atoms with E-state index < -0.39 is 31.1 Å². The predicted octanol–water partition coefficient (Wildman–Crippen LogP) is -0.413. The zero-order valence-corrected chi connectivity index (χ0v) is 11.9. The molecule has 9 heteroatoms. The molecular formula is C12H15ClN4O4. The van der Waals surface area contributed by atoms with Gasteiger partial charge in [-0.05, 0) is 12.5 Å². The fourth-order valence-electron chi connectivity index (χ4n) is 2.60. The molecule has 0 unspecified atom stereocenters. The monoisotopic (exact) mass is 314 g/mol. The van der Waals surface area contributed by atoms with E-state index in [0.29, 0.717) is 11.0 Å². The van der Waals surface area contributed by atoms with Crippen LogP contribution in [0.25, 0.3) is 11.0 Å². The fraction of sp³-hybridized carbons (Fsp3) is 0.500. The lowest BCUT2D eigenvalue weighted by atomic mass is 10.1. The minimum Gasteiger partial charge on any atom is -0.394 e. The molecule has 0 aromatic carbocycles. The van der Waals surface area contributed by atoms with Crippen LogP contribution in [0.3, 0.4) is 0 Å². The summed E-state index contributed by atoms with van der Waals surface area (Å²) in [6, 6.07) is 0. The van der Waals surface area contributed by atoms with Gasteiger partial charge in [0.25, 0.3) is 0 Å². The minimum absolute atomic E-state index is 0.00130. The summed E-state index contributed by atoms with van der Waals surface area (Å²) in [7, 11) is 0. The number of aryl methyl sites for hydroxylation is 1. The molecule has 5 N–H and O–H groups in total. The Morgan fingerprint density at radius 3 is 2.71 bits per heavy atom. The molecule has 21 heavy (non-hydrogen) atoms. The smallest absolute Gasteiger partial charge is 0.223 e. The summed E-state index contributed by atoms with van der Waals surface area (Å²) in [5, 5.41) is 29.9. The first-order valence-corrected chi connectivity index (χ1v) is 6.74. The highest BCUT2D eigenvalue weighted by Gasteiger charge is 2.44. The van der Waals surface area contributed by atoms with Crippen molar-refractivity contribution in [1.82, 2.24) is 14.5 Å². The van der Waals surface area contributed by atoms with Crippen molar-refractivity contribution in [2.45, 2.75) is 31.5 Å². The average molecular weight is 315 g/mol. The molecule has 0 saturated carbocycles. The van der Waals surface area contributed by atoms with Crippen molar-refractivity contribution in [3.05, 3.63) is 16.9 Å². The number of nitrogens with zero attached hydrogens (tertiary/aromatic N) is 3. The zero-order valence-electron chi connectivity index (χ0n) is 11.1. The van der Waals surface area contributed by atoms with Crippen LogP contribution in [-0.2, 0) is 4.74 Å². The van der Waals surface area contributed by atoms with E-state index in [1.165, 1.54) is 4.57 Å². The Bertz CT molecular complexity index is 691. The first-order valence-electron chi connectivity index (χ1n) is 6.36. The van der Waals surface area contributed by atoms with Gasteiger partial charge in [0.1, 0.15) is 29.1 Å². The topological polar surface area (TPSA) is 127 Å². The van der Waals surface area contributed by atoms with Gasteiger partial charge < -0.3 is 30.4 Å². The van der Waals surface area contributed by atoms with Gasteiger partial charge in [-0.2, -0.15) is 4.98 Å². The Kier molecular flexibility index (Phi) is 3.50. The molecule has 1 aliphatic heterocycles. The Morgan fingerprint density at radius 1 is 1.38 bits per heavy atom. The third kappa shape index (κ3) is 2.16. The molecule has 0 aliphatic carbocycles. The highest BCUT2D eigenvalue weighted by molar-refractivity contribution is 6.34. The molecule has 8 nitrogen and oxygen atoms in total. The van der Waals surface area contributed by atoms with Crippen LogP contribution in [0, 0.1) is 6.92 Å². The molecule has 114 valence electrons. The average Bonchev–Trinajstić information content (AvgIpc) is 2.89. The minimum atomic E-state index is -1.20. The summed E-state index contributed by atoms with van der Waals surface area (Å²) in [5.74, 6) is -0.00130. The molecule has 1 aliphatic rings. The number of hydrogen-bond donors (Lipinski definition) is 4. The summed E-state index contributed by atoms with van der Waals surface area (Å²) in [4.78, 5) is 8.02. The van der Waals surface area contributed by atoms with Gasteiger partial charge >= 0.3 is 0 Å². The summed E-state index contributed by atoms with van der Waals surface area (Å²) in [5.41, 5.74) is 6.79. The zero-order chi connectivity index (χ0) is 15.3. The second kappa shape index (κ2) is 5.08. The summed E-state index contributed by atoms with van der Waals surface area (Å²) >= 11 is 6.07. The van der Waals surface area contributed by atoms with E-state index in [1.807, 2.05) is 6.92 Å². The second-order valence-electron chi connectivity index (χ2n) is 5.02. The molecule has 4 atom stereocenters. The Labute approximate surface area is 124 Å². The quantitative estimate of drug-likeness (QED) is 0.555. The normalized spacial score (nSPS) is 29.4. The third-order valence-corrected chi connectivity index (χ3v) is 3.90. The van der Waals surface area contributed by atoms with E-state index in [-0.39, 0.29) is 11.1 Å². The molecule has 3 rings (SSSR count). The molecule has 0 radical (unpaired) electrons. The number of ether oxygens (including phenoxy) is 1. The van der Waals surface area contributed by atoms with E-state index in [0.717, 1.165) is 5.56 Å². The highest BCUT2D eigenvalue weighted by Crippen LogP contribution is 2.35. The van der Waals surface area contributed by atoms with Crippen LogP contribution in [-0.4, -0.2) is 54.8 Å². The maximum atomic E-state index is 10.1. The molecule has 0 amide bonds. The van der Waals surface area contributed by atoms with Crippen molar-refractivity contribution in [3.63, 3.8) is 0 Å². The maximum Gasteiger partial charge on any atom is 0.223 e. The standard InChI is InChI=1S/C12H15ClN4O4/c1-4-2-17(10-6(4)9(13)15-12(14)16-10)11-8(20)7(19)5(3-18)21-11/h2,5,7-8,11,18-20H,3H2,1H3,(H2,14,15,16)/t5-,7-,8+,11-/m1/s1. The molecule has 1 saturated heterocycles. The molecule has 2 aromatic heterocycles. The van der Waals surface area contributed by atoms with Gasteiger partial charge in [0, 0.05) is 6.20 Å². The van der Waals surface area contributed by atoms with Crippen LogP contribution in [0.15, 0.2) is 6.20 Å². The first kappa shape index (κ1) is 14.5. The number of aliphatic hydroxyl groups excluding tert-OH is 3. The molecule has 0 bridgehead atoms. The van der Waals surface area contributed by atoms with E-state index >= 15 is 0 Å². The van der Waals surface area contributed by atoms with Gasteiger partial charge in [-0.1, -0.05) is 11.6 Å². The SMILES string of the molecule is Cc1cn([C@@H]2O[C@H](CO)[C@@H](O)[C@@H]2O)c2nc(N)nc(Cl)c12. The fourth-order valence-corrected chi connectivity index (χ4v) is 2.92. The van der Waals surface area contributed by atoms with Crippen LogP contribution in [0.2, 0.25) is 5.15 Å². The summed E-state index contributed by atoms with van der Waals surface area (Å²) < 4.78 is 7.03. The van der Waals surface area contributed by atoms with E-state index in [2.05, 4.69) is 9.97 Å². The van der Waals surface area contributed by atoms with Gasteiger partial charge in [-0.15, -0.1) is 0 Å². The van der Waals surface area contributed by atoms with Crippen LogP contribution >= 0.6 is 11.6 Å². The Hall–Kier alpha value is -1.45. The lowest BCUT2D eigenvalue weighted by Gasteiger charge is -2.17. The Balaban J connectivity index is 2.13. The number of nitrogen functional groups attached to an aromatic ring is 1. The van der Waals surface area contributed by atoms with Gasteiger partial charge in [-0.3, -0.25) is 0 Å². The largest absolute Gasteiger partial charge is 0.394 e. The third-order valence-electron chi connectivity index (χ3n) is 3.63.